The zero-order valence-corrected chi connectivity index (χ0v) is 10.8. The second-order valence-corrected chi connectivity index (χ2v) is 4.47. The molecule has 1 aromatic rings. The number of aliphatic carboxylic acids is 1. The lowest BCUT2D eigenvalue weighted by Crippen LogP contribution is -2.48. The summed E-state index contributed by atoms with van der Waals surface area (Å²) in [5, 5.41) is 8.73. The molecule has 0 spiro atoms. The van der Waals surface area contributed by atoms with Crippen LogP contribution in [0.4, 0.5) is 10.2 Å². The molecule has 0 atom stereocenters. The Labute approximate surface area is 110 Å². The lowest BCUT2D eigenvalue weighted by molar-refractivity contribution is -0.138. The normalized spacial score (nSPS) is 16.6. The summed E-state index contributed by atoms with van der Waals surface area (Å²) in [7, 11) is 0. The van der Waals surface area contributed by atoms with Gasteiger partial charge in [-0.05, 0) is 6.42 Å². The van der Waals surface area contributed by atoms with Gasteiger partial charge in [-0.1, -0.05) is 6.92 Å². The van der Waals surface area contributed by atoms with Crippen molar-refractivity contribution in [1.82, 2.24) is 14.9 Å². The van der Waals surface area contributed by atoms with Crippen LogP contribution < -0.4 is 4.90 Å². The van der Waals surface area contributed by atoms with Gasteiger partial charge in [-0.2, -0.15) is 0 Å². The molecule has 1 aliphatic rings. The summed E-state index contributed by atoms with van der Waals surface area (Å²) in [4.78, 5) is 22.2. The molecule has 0 unspecified atom stereocenters. The number of hydrogen-bond acceptors (Lipinski definition) is 5. The van der Waals surface area contributed by atoms with E-state index >= 15 is 0 Å². The highest BCUT2D eigenvalue weighted by Crippen LogP contribution is 2.19. The van der Waals surface area contributed by atoms with Crippen LogP contribution in [0.25, 0.3) is 0 Å². The number of piperazine rings is 1. The number of aromatic nitrogens is 2. The van der Waals surface area contributed by atoms with Crippen molar-refractivity contribution in [3.63, 3.8) is 0 Å². The summed E-state index contributed by atoms with van der Waals surface area (Å²) in [6, 6.07) is 0. The van der Waals surface area contributed by atoms with Gasteiger partial charge < -0.3 is 10.0 Å². The van der Waals surface area contributed by atoms with Crippen LogP contribution >= 0.6 is 0 Å². The van der Waals surface area contributed by atoms with Crippen LogP contribution in [0, 0.1) is 5.82 Å². The first-order valence-corrected chi connectivity index (χ1v) is 6.30. The Morgan fingerprint density at radius 3 is 2.63 bits per heavy atom. The molecule has 0 bridgehead atoms. The fourth-order valence-corrected chi connectivity index (χ4v) is 2.17. The molecule has 0 saturated carbocycles. The molecular weight excluding hydrogens is 251 g/mol. The molecule has 7 heteroatoms. The Morgan fingerprint density at radius 1 is 1.37 bits per heavy atom. The standard InChI is InChI=1S/C12H17FN4O2/c1-2-9-11(13)12(15-8-14-9)17-5-3-16(4-6-17)7-10(18)19/h8H,2-7H2,1H3,(H,18,19). The van der Waals surface area contributed by atoms with Crippen LogP contribution in [0.1, 0.15) is 12.6 Å². The zero-order chi connectivity index (χ0) is 13.8. The monoisotopic (exact) mass is 268 g/mol. The van der Waals surface area contributed by atoms with E-state index < -0.39 is 5.97 Å². The third kappa shape index (κ3) is 3.17. The SMILES string of the molecule is CCc1ncnc(N2CCN(CC(=O)O)CC2)c1F. The van der Waals surface area contributed by atoms with Crippen molar-refractivity contribution < 1.29 is 14.3 Å². The molecule has 1 N–H and O–H groups in total. The summed E-state index contributed by atoms with van der Waals surface area (Å²) in [5.41, 5.74) is 0.415. The van der Waals surface area contributed by atoms with Crippen molar-refractivity contribution in [2.75, 3.05) is 37.6 Å². The minimum absolute atomic E-state index is 0.0281. The van der Waals surface area contributed by atoms with Crippen LogP contribution in [0.2, 0.25) is 0 Å². The Hall–Kier alpha value is -1.76. The average molecular weight is 268 g/mol. The Bertz CT molecular complexity index is 461. The molecule has 6 nitrogen and oxygen atoms in total. The number of halogens is 1. The van der Waals surface area contributed by atoms with Crippen molar-refractivity contribution in [2.24, 2.45) is 0 Å². The predicted octanol–water partition coefficient (Wildman–Crippen LogP) is 0.385. The molecule has 1 fully saturated rings. The van der Waals surface area contributed by atoms with E-state index in [-0.39, 0.29) is 12.4 Å². The van der Waals surface area contributed by atoms with Crippen LogP contribution in [0.5, 0.6) is 0 Å². The second-order valence-electron chi connectivity index (χ2n) is 4.47. The minimum atomic E-state index is -0.838. The third-order valence-corrected chi connectivity index (χ3v) is 3.21. The first kappa shape index (κ1) is 13.7. The molecule has 104 valence electrons. The van der Waals surface area contributed by atoms with Gasteiger partial charge in [-0.3, -0.25) is 9.69 Å². The van der Waals surface area contributed by atoms with Crippen molar-refractivity contribution in [3.05, 3.63) is 17.8 Å². The maximum absolute atomic E-state index is 14.1. The molecule has 2 rings (SSSR count). The molecular formula is C12H17FN4O2. The summed E-state index contributed by atoms with van der Waals surface area (Å²) >= 11 is 0. The van der Waals surface area contributed by atoms with Gasteiger partial charge in [-0.15, -0.1) is 0 Å². The van der Waals surface area contributed by atoms with Gasteiger partial charge in [0.25, 0.3) is 0 Å². The van der Waals surface area contributed by atoms with E-state index in [1.165, 1.54) is 6.33 Å². The number of carbonyl (C=O) groups is 1. The topological polar surface area (TPSA) is 69.6 Å². The van der Waals surface area contributed by atoms with Gasteiger partial charge in [-0.25, -0.2) is 14.4 Å². The first-order valence-electron chi connectivity index (χ1n) is 6.30. The number of aryl methyl sites for hydroxylation is 1. The van der Waals surface area contributed by atoms with Crippen molar-refractivity contribution >= 4 is 11.8 Å². The molecule has 0 radical (unpaired) electrons. The van der Waals surface area contributed by atoms with Gasteiger partial charge in [0, 0.05) is 26.2 Å². The fourth-order valence-electron chi connectivity index (χ4n) is 2.17. The molecule has 2 heterocycles. The molecule has 0 aliphatic carbocycles. The van der Waals surface area contributed by atoms with E-state index in [9.17, 15) is 9.18 Å². The van der Waals surface area contributed by atoms with Crippen molar-refractivity contribution in [3.8, 4) is 0 Å². The summed E-state index contributed by atoms with van der Waals surface area (Å²) in [5.74, 6) is -0.881. The van der Waals surface area contributed by atoms with E-state index in [0.717, 1.165) is 0 Å². The van der Waals surface area contributed by atoms with Gasteiger partial charge in [0.1, 0.15) is 6.33 Å². The average Bonchev–Trinajstić information content (AvgIpc) is 2.39. The van der Waals surface area contributed by atoms with Gasteiger partial charge in [0.05, 0.1) is 12.2 Å². The van der Waals surface area contributed by atoms with E-state index in [2.05, 4.69) is 9.97 Å². The largest absolute Gasteiger partial charge is 0.480 e. The summed E-state index contributed by atoms with van der Waals surface area (Å²) in [6.07, 6.45) is 1.90. The highest BCUT2D eigenvalue weighted by Gasteiger charge is 2.22. The molecule has 1 saturated heterocycles. The summed E-state index contributed by atoms with van der Waals surface area (Å²) in [6.45, 7) is 4.21. The first-order chi connectivity index (χ1) is 9.11. The van der Waals surface area contributed by atoms with Gasteiger partial charge in [0.15, 0.2) is 11.6 Å². The number of hydrogen-bond donors (Lipinski definition) is 1. The lowest BCUT2D eigenvalue weighted by atomic mass is 10.2. The second kappa shape index (κ2) is 5.92. The predicted molar refractivity (Wildman–Crippen MR) is 67.7 cm³/mol. The van der Waals surface area contributed by atoms with Gasteiger partial charge >= 0.3 is 5.97 Å². The van der Waals surface area contributed by atoms with E-state index in [1.54, 1.807) is 0 Å². The van der Waals surface area contributed by atoms with Crippen LogP contribution in [0.15, 0.2) is 6.33 Å². The molecule has 19 heavy (non-hydrogen) atoms. The molecule has 0 aromatic carbocycles. The fraction of sp³-hybridized carbons (Fsp3) is 0.583. The van der Waals surface area contributed by atoms with Crippen molar-refractivity contribution in [1.29, 1.82) is 0 Å². The lowest BCUT2D eigenvalue weighted by Gasteiger charge is -2.34. The van der Waals surface area contributed by atoms with E-state index in [4.69, 9.17) is 5.11 Å². The highest BCUT2D eigenvalue weighted by molar-refractivity contribution is 5.69. The van der Waals surface area contributed by atoms with Crippen LogP contribution in [-0.2, 0) is 11.2 Å². The number of nitrogens with zero attached hydrogens (tertiary/aromatic N) is 4. The Balaban J connectivity index is 2.03. The maximum atomic E-state index is 14.1. The molecule has 1 aromatic heterocycles. The third-order valence-electron chi connectivity index (χ3n) is 3.21. The zero-order valence-electron chi connectivity index (χ0n) is 10.8. The van der Waals surface area contributed by atoms with Crippen LogP contribution in [0.3, 0.4) is 0 Å². The number of carboxylic acid groups (broad SMARTS) is 1. The summed E-state index contributed by atoms with van der Waals surface area (Å²) < 4.78 is 14.1. The van der Waals surface area contributed by atoms with E-state index in [1.807, 2.05) is 16.7 Å². The molecule has 1 aliphatic heterocycles. The van der Waals surface area contributed by atoms with Gasteiger partial charge in [0.2, 0.25) is 0 Å². The smallest absolute Gasteiger partial charge is 0.317 e. The minimum Gasteiger partial charge on any atom is -0.480 e. The maximum Gasteiger partial charge on any atom is 0.317 e. The Kier molecular flexibility index (Phi) is 4.26. The quantitative estimate of drug-likeness (QED) is 0.851. The van der Waals surface area contributed by atoms with E-state index in [0.29, 0.717) is 44.1 Å². The van der Waals surface area contributed by atoms with Crippen molar-refractivity contribution in [2.45, 2.75) is 13.3 Å². The van der Waals surface area contributed by atoms with Crippen LogP contribution in [-0.4, -0.2) is 58.7 Å². The highest BCUT2D eigenvalue weighted by atomic mass is 19.1. The number of anilines is 1. The Morgan fingerprint density at radius 2 is 2.05 bits per heavy atom. The number of rotatable bonds is 4. The number of carboxylic acids is 1. The molecule has 0 amide bonds.